The van der Waals surface area contributed by atoms with Crippen LogP contribution in [0.1, 0.15) is 44.2 Å². The quantitative estimate of drug-likeness (QED) is 0.620. The van der Waals surface area contributed by atoms with Crippen LogP contribution in [0.15, 0.2) is 18.2 Å². The molecule has 84 valence electrons. The van der Waals surface area contributed by atoms with E-state index in [1.54, 1.807) is 0 Å². The number of unbranched alkanes of at least 4 members (excludes halogenated alkanes) is 2. The molecule has 0 heterocycles. The Morgan fingerprint density at radius 3 is 2.80 bits per heavy atom. The third kappa shape index (κ3) is 4.29. The summed E-state index contributed by atoms with van der Waals surface area (Å²) >= 11 is 8.28. The molecule has 1 aromatic rings. The maximum atomic E-state index is 6.14. The summed E-state index contributed by atoms with van der Waals surface area (Å²) in [6, 6.07) is 6.05. The van der Waals surface area contributed by atoms with Crippen molar-refractivity contribution in [3.05, 3.63) is 32.4 Å². The Labute approximate surface area is 111 Å². The van der Waals surface area contributed by atoms with E-state index in [4.69, 9.17) is 17.3 Å². The van der Waals surface area contributed by atoms with Gasteiger partial charge in [-0.25, -0.2) is 0 Å². The highest BCUT2D eigenvalue weighted by Gasteiger charge is 2.09. The van der Waals surface area contributed by atoms with E-state index in [1.165, 1.54) is 28.4 Å². The highest BCUT2D eigenvalue weighted by molar-refractivity contribution is 14.1. The van der Waals surface area contributed by atoms with Crippen LogP contribution in [0.2, 0.25) is 5.02 Å². The van der Waals surface area contributed by atoms with E-state index in [0.29, 0.717) is 0 Å². The molecule has 1 atom stereocenters. The normalized spacial score (nSPS) is 12.8. The molecule has 1 nitrogen and oxygen atoms in total. The van der Waals surface area contributed by atoms with E-state index in [9.17, 15) is 0 Å². The lowest BCUT2D eigenvalue weighted by Gasteiger charge is -2.14. The topological polar surface area (TPSA) is 26.0 Å². The fourth-order valence-corrected chi connectivity index (χ4v) is 2.48. The highest BCUT2D eigenvalue weighted by Crippen LogP contribution is 2.25. The number of halogens is 2. The number of hydrogen-bond donors (Lipinski definition) is 1. The van der Waals surface area contributed by atoms with Gasteiger partial charge in [0.1, 0.15) is 0 Å². The minimum atomic E-state index is 0.127. The second kappa shape index (κ2) is 6.71. The van der Waals surface area contributed by atoms with Gasteiger partial charge in [-0.15, -0.1) is 0 Å². The van der Waals surface area contributed by atoms with E-state index < -0.39 is 0 Å². The van der Waals surface area contributed by atoms with Gasteiger partial charge in [-0.05, 0) is 52.8 Å². The average molecular weight is 338 g/mol. The van der Waals surface area contributed by atoms with Gasteiger partial charge in [0.15, 0.2) is 0 Å². The summed E-state index contributed by atoms with van der Waals surface area (Å²) in [4.78, 5) is 0. The largest absolute Gasteiger partial charge is 0.324 e. The Balaban J connectivity index is 2.64. The van der Waals surface area contributed by atoms with Crippen LogP contribution >= 0.6 is 34.2 Å². The van der Waals surface area contributed by atoms with Crippen molar-refractivity contribution in [3.8, 4) is 0 Å². The second-order valence-corrected chi connectivity index (χ2v) is 5.37. The number of benzene rings is 1. The summed E-state index contributed by atoms with van der Waals surface area (Å²) in [6.07, 6.45) is 4.73. The van der Waals surface area contributed by atoms with Crippen LogP contribution in [0, 0.1) is 3.57 Å². The zero-order chi connectivity index (χ0) is 11.3. The van der Waals surface area contributed by atoms with Gasteiger partial charge in [0.25, 0.3) is 0 Å². The Kier molecular flexibility index (Phi) is 5.94. The third-order valence-electron chi connectivity index (χ3n) is 2.48. The van der Waals surface area contributed by atoms with E-state index in [1.807, 2.05) is 18.2 Å². The molecule has 0 aliphatic carbocycles. The fraction of sp³-hybridized carbons (Fsp3) is 0.500. The molecule has 0 aromatic heterocycles. The van der Waals surface area contributed by atoms with Gasteiger partial charge in [-0.2, -0.15) is 0 Å². The first-order chi connectivity index (χ1) is 7.15. The fourth-order valence-electron chi connectivity index (χ4n) is 1.57. The zero-order valence-corrected chi connectivity index (χ0v) is 11.9. The molecule has 0 aliphatic heterocycles. The maximum absolute atomic E-state index is 6.14. The van der Waals surface area contributed by atoms with Crippen molar-refractivity contribution in [2.75, 3.05) is 0 Å². The van der Waals surface area contributed by atoms with Gasteiger partial charge in [-0.3, -0.25) is 0 Å². The summed E-state index contributed by atoms with van der Waals surface area (Å²) in [7, 11) is 0. The summed E-state index contributed by atoms with van der Waals surface area (Å²) in [5, 5.41) is 0.774. The summed E-state index contributed by atoms with van der Waals surface area (Å²) in [6.45, 7) is 2.20. The van der Waals surface area contributed by atoms with Crippen molar-refractivity contribution in [2.45, 2.75) is 38.6 Å². The lowest BCUT2D eigenvalue weighted by atomic mass is 10.0. The Morgan fingerprint density at radius 1 is 1.40 bits per heavy atom. The number of hydrogen-bond acceptors (Lipinski definition) is 1. The lowest BCUT2D eigenvalue weighted by molar-refractivity contribution is 0.579. The first-order valence-electron chi connectivity index (χ1n) is 5.35. The predicted molar refractivity (Wildman–Crippen MR) is 75.2 cm³/mol. The first kappa shape index (κ1) is 13.3. The molecule has 0 spiro atoms. The Bertz CT molecular complexity index is 314. The minimum Gasteiger partial charge on any atom is -0.324 e. The molecule has 2 N–H and O–H groups in total. The SMILES string of the molecule is CCCCCC(N)c1cc(Cl)ccc1I. The Hall–Kier alpha value is 0.200. The molecule has 0 bridgehead atoms. The number of rotatable bonds is 5. The maximum Gasteiger partial charge on any atom is 0.0410 e. The van der Waals surface area contributed by atoms with Crippen molar-refractivity contribution >= 4 is 34.2 Å². The van der Waals surface area contributed by atoms with Gasteiger partial charge < -0.3 is 5.73 Å². The van der Waals surface area contributed by atoms with Crippen molar-refractivity contribution in [2.24, 2.45) is 5.73 Å². The smallest absolute Gasteiger partial charge is 0.0410 e. The van der Waals surface area contributed by atoms with E-state index in [2.05, 4.69) is 29.5 Å². The molecule has 0 aliphatic rings. The van der Waals surface area contributed by atoms with Gasteiger partial charge >= 0.3 is 0 Å². The highest BCUT2D eigenvalue weighted by atomic mass is 127. The lowest BCUT2D eigenvalue weighted by Crippen LogP contribution is -2.11. The predicted octanol–water partition coefficient (Wildman–Crippen LogP) is 4.52. The molecule has 1 rings (SSSR count). The second-order valence-electron chi connectivity index (χ2n) is 3.77. The molecule has 1 unspecified atom stereocenters. The van der Waals surface area contributed by atoms with Crippen LogP contribution < -0.4 is 5.73 Å². The van der Waals surface area contributed by atoms with Crippen LogP contribution in [-0.4, -0.2) is 0 Å². The average Bonchev–Trinajstić information content (AvgIpc) is 2.22. The van der Waals surface area contributed by atoms with E-state index >= 15 is 0 Å². The van der Waals surface area contributed by atoms with Crippen molar-refractivity contribution in [1.29, 1.82) is 0 Å². The van der Waals surface area contributed by atoms with Crippen molar-refractivity contribution in [1.82, 2.24) is 0 Å². The molecular weight excluding hydrogens is 320 g/mol. The molecule has 3 heteroatoms. The summed E-state index contributed by atoms with van der Waals surface area (Å²) in [5.41, 5.74) is 7.32. The standard InChI is InChI=1S/C12H17ClIN/c1-2-3-4-5-12(15)10-8-9(13)6-7-11(10)14/h6-8,12H,2-5,15H2,1H3. The third-order valence-corrected chi connectivity index (χ3v) is 3.69. The zero-order valence-electron chi connectivity index (χ0n) is 8.97. The summed E-state index contributed by atoms with van der Waals surface area (Å²) in [5.74, 6) is 0. The van der Waals surface area contributed by atoms with E-state index in [0.717, 1.165) is 11.4 Å². The molecule has 0 saturated carbocycles. The van der Waals surface area contributed by atoms with Crippen LogP contribution in [0.25, 0.3) is 0 Å². The van der Waals surface area contributed by atoms with Gasteiger partial charge in [0, 0.05) is 14.6 Å². The van der Waals surface area contributed by atoms with Gasteiger partial charge in [0.05, 0.1) is 0 Å². The molecule has 0 radical (unpaired) electrons. The first-order valence-corrected chi connectivity index (χ1v) is 6.81. The van der Waals surface area contributed by atoms with E-state index in [-0.39, 0.29) is 6.04 Å². The number of nitrogens with two attached hydrogens (primary N) is 1. The summed E-state index contributed by atoms with van der Waals surface area (Å²) < 4.78 is 1.21. The van der Waals surface area contributed by atoms with Crippen LogP contribution in [0.4, 0.5) is 0 Å². The molecule has 15 heavy (non-hydrogen) atoms. The van der Waals surface area contributed by atoms with Crippen molar-refractivity contribution < 1.29 is 0 Å². The van der Waals surface area contributed by atoms with Gasteiger partial charge in [0.2, 0.25) is 0 Å². The minimum absolute atomic E-state index is 0.127. The molecule has 0 fully saturated rings. The molecule has 1 aromatic carbocycles. The molecule has 0 saturated heterocycles. The monoisotopic (exact) mass is 337 g/mol. The van der Waals surface area contributed by atoms with Crippen LogP contribution in [0.5, 0.6) is 0 Å². The van der Waals surface area contributed by atoms with Crippen molar-refractivity contribution in [3.63, 3.8) is 0 Å². The van der Waals surface area contributed by atoms with Crippen LogP contribution in [0.3, 0.4) is 0 Å². The molecular formula is C12H17ClIN. The molecule has 0 amide bonds. The van der Waals surface area contributed by atoms with Crippen LogP contribution in [-0.2, 0) is 0 Å². The Morgan fingerprint density at radius 2 is 2.13 bits per heavy atom. The van der Waals surface area contributed by atoms with Gasteiger partial charge in [-0.1, -0.05) is 37.8 Å².